The van der Waals surface area contributed by atoms with Crippen LogP contribution in [0.4, 0.5) is 17.1 Å². The average molecular weight is 498 g/mol. The van der Waals surface area contributed by atoms with Crippen LogP contribution in [0.1, 0.15) is 16.8 Å². The molecule has 1 unspecified atom stereocenters. The van der Waals surface area contributed by atoms with E-state index in [0.29, 0.717) is 34.1 Å². The molecule has 4 rings (SSSR count). The van der Waals surface area contributed by atoms with Crippen LogP contribution in [0.25, 0.3) is 0 Å². The van der Waals surface area contributed by atoms with Crippen molar-refractivity contribution in [1.82, 2.24) is 0 Å². The van der Waals surface area contributed by atoms with Gasteiger partial charge in [0.05, 0.1) is 29.7 Å². The molecule has 0 aliphatic carbocycles. The number of anilines is 3. The summed E-state index contributed by atoms with van der Waals surface area (Å²) >= 11 is 5.90. The van der Waals surface area contributed by atoms with E-state index in [0.717, 1.165) is 0 Å². The Hall–Kier alpha value is -3.36. The van der Waals surface area contributed by atoms with Crippen LogP contribution in [-0.4, -0.2) is 44.3 Å². The molecule has 34 heavy (non-hydrogen) atoms. The van der Waals surface area contributed by atoms with E-state index in [1.165, 1.54) is 0 Å². The van der Waals surface area contributed by atoms with Crippen LogP contribution in [0.15, 0.2) is 78.9 Å². The number of carbonyl (C=O) groups is 2. The predicted octanol–water partition coefficient (Wildman–Crippen LogP) is 4.22. The number of nitrogens with zero attached hydrogens (tertiary/aromatic N) is 1. The van der Waals surface area contributed by atoms with Gasteiger partial charge in [0, 0.05) is 22.1 Å². The van der Waals surface area contributed by atoms with Gasteiger partial charge in [-0.2, -0.15) is 0 Å². The Balaban J connectivity index is 1.50. The molecular formula is C25H24ClN3O4S. The fourth-order valence-corrected chi connectivity index (χ4v) is 5.77. The Bertz CT molecular complexity index is 1280. The van der Waals surface area contributed by atoms with E-state index in [1.807, 2.05) is 18.2 Å². The first kappa shape index (κ1) is 23.8. The molecule has 2 amide bonds. The van der Waals surface area contributed by atoms with E-state index in [2.05, 4.69) is 10.6 Å². The van der Waals surface area contributed by atoms with Crippen LogP contribution in [0.3, 0.4) is 0 Å². The number of rotatable bonds is 7. The minimum absolute atomic E-state index is 0.0618. The number of benzene rings is 3. The normalized spacial score (nSPS) is 16.6. The maximum absolute atomic E-state index is 13.3. The fraction of sp³-hybridized carbons (Fsp3) is 0.200. The predicted molar refractivity (Wildman–Crippen MR) is 135 cm³/mol. The number of sulfone groups is 1. The van der Waals surface area contributed by atoms with Crippen molar-refractivity contribution in [3.63, 3.8) is 0 Å². The number of hydrogen-bond acceptors (Lipinski definition) is 5. The van der Waals surface area contributed by atoms with Crippen molar-refractivity contribution in [3.8, 4) is 0 Å². The maximum Gasteiger partial charge on any atom is 0.257 e. The average Bonchev–Trinajstić information content (AvgIpc) is 3.19. The summed E-state index contributed by atoms with van der Waals surface area (Å²) in [5.41, 5.74) is 2.11. The molecule has 1 aliphatic rings. The van der Waals surface area contributed by atoms with Crippen molar-refractivity contribution in [1.29, 1.82) is 0 Å². The topological polar surface area (TPSA) is 95.6 Å². The number of carbonyl (C=O) groups excluding carboxylic acids is 2. The monoisotopic (exact) mass is 497 g/mol. The van der Waals surface area contributed by atoms with Gasteiger partial charge in [0.2, 0.25) is 5.91 Å². The Morgan fingerprint density at radius 3 is 2.29 bits per heavy atom. The number of hydrogen-bond donors (Lipinski definition) is 2. The molecule has 1 heterocycles. The summed E-state index contributed by atoms with van der Waals surface area (Å²) in [5.74, 6) is -0.607. The highest BCUT2D eigenvalue weighted by molar-refractivity contribution is 7.91. The molecule has 176 valence electrons. The first-order valence-electron chi connectivity index (χ1n) is 10.8. The van der Waals surface area contributed by atoms with Crippen molar-refractivity contribution >= 4 is 50.3 Å². The first-order valence-corrected chi connectivity index (χ1v) is 13.0. The summed E-state index contributed by atoms with van der Waals surface area (Å²) in [6.07, 6.45) is 0.392. The van der Waals surface area contributed by atoms with Gasteiger partial charge in [-0.15, -0.1) is 0 Å². The van der Waals surface area contributed by atoms with Crippen molar-refractivity contribution in [2.24, 2.45) is 0 Å². The van der Waals surface area contributed by atoms with E-state index in [-0.39, 0.29) is 29.9 Å². The number of para-hydroxylation sites is 2. The molecule has 3 aromatic rings. The molecule has 1 atom stereocenters. The Labute approximate surface area is 203 Å². The zero-order valence-corrected chi connectivity index (χ0v) is 19.9. The lowest BCUT2D eigenvalue weighted by Crippen LogP contribution is -2.44. The van der Waals surface area contributed by atoms with E-state index in [4.69, 9.17) is 11.6 Å². The second-order valence-corrected chi connectivity index (χ2v) is 10.7. The molecule has 1 fully saturated rings. The van der Waals surface area contributed by atoms with Gasteiger partial charge in [-0.25, -0.2) is 8.42 Å². The number of amides is 2. The summed E-state index contributed by atoms with van der Waals surface area (Å²) in [6.45, 7) is -0.101. The SMILES string of the molecule is O=C(Nc1ccc(Cl)cc1)c1ccccc1NCC(=O)N(c1ccccc1)C1CCS(=O)(=O)C1. The van der Waals surface area contributed by atoms with Gasteiger partial charge in [-0.1, -0.05) is 41.9 Å². The Morgan fingerprint density at radius 2 is 1.62 bits per heavy atom. The Kier molecular flexibility index (Phi) is 7.19. The van der Waals surface area contributed by atoms with Gasteiger partial charge in [0.1, 0.15) is 0 Å². The maximum atomic E-state index is 13.3. The highest BCUT2D eigenvalue weighted by Gasteiger charge is 2.35. The third-order valence-corrected chi connectivity index (χ3v) is 7.58. The lowest BCUT2D eigenvalue weighted by Gasteiger charge is -2.29. The molecule has 0 spiro atoms. The highest BCUT2D eigenvalue weighted by atomic mass is 35.5. The van der Waals surface area contributed by atoms with Gasteiger partial charge < -0.3 is 15.5 Å². The largest absolute Gasteiger partial charge is 0.375 e. The standard InChI is InChI=1S/C25H24ClN3O4S/c26-18-10-12-19(13-11-18)28-25(31)22-8-4-5-9-23(22)27-16-24(30)29(20-6-2-1-3-7-20)21-14-15-34(32,33)17-21/h1-13,21,27H,14-17H2,(H,28,31). The minimum atomic E-state index is -3.18. The summed E-state index contributed by atoms with van der Waals surface area (Å²) in [7, 11) is -3.18. The van der Waals surface area contributed by atoms with Crippen molar-refractivity contribution in [3.05, 3.63) is 89.4 Å². The molecule has 0 saturated carbocycles. The highest BCUT2D eigenvalue weighted by Crippen LogP contribution is 2.25. The first-order chi connectivity index (χ1) is 16.3. The second-order valence-electron chi connectivity index (χ2n) is 8.02. The zero-order valence-electron chi connectivity index (χ0n) is 18.3. The lowest BCUT2D eigenvalue weighted by atomic mass is 10.1. The molecular weight excluding hydrogens is 474 g/mol. The van der Waals surface area contributed by atoms with Crippen LogP contribution < -0.4 is 15.5 Å². The van der Waals surface area contributed by atoms with Crippen LogP contribution >= 0.6 is 11.6 Å². The molecule has 0 aromatic heterocycles. The van der Waals surface area contributed by atoms with Gasteiger partial charge in [0.25, 0.3) is 5.91 Å². The quantitative estimate of drug-likeness (QED) is 0.509. The van der Waals surface area contributed by atoms with E-state index < -0.39 is 15.9 Å². The molecule has 2 N–H and O–H groups in total. The summed E-state index contributed by atoms with van der Waals surface area (Å²) < 4.78 is 24.1. The summed E-state index contributed by atoms with van der Waals surface area (Å²) in [5, 5.41) is 6.44. The number of nitrogens with one attached hydrogen (secondary N) is 2. The molecule has 0 radical (unpaired) electrons. The van der Waals surface area contributed by atoms with E-state index >= 15 is 0 Å². The van der Waals surface area contributed by atoms with E-state index in [9.17, 15) is 18.0 Å². The van der Waals surface area contributed by atoms with Crippen LogP contribution in [0.5, 0.6) is 0 Å². The van der Waals surface area contributed by atoms with Gasteiger partial charge in [-0.05, 0) is 55.0 Å². The van der Waals surface area contributed by atoms with Crippen LogP contribution in [0, 0.1) is 0 Å². The van der Waals surface area contributed by atoms with Crippen LogP contribution in [-0.2, 0) is 14.6 Å². The zero-order chi connectivity index (χ0) is 24.1. The third kappa shape index (κ3) is 5.76. The van der Waals surface area contributed by atoms with Crippen molar-refractivity contribution in [2.45, 2.75) is 12.5 Å². The lowest BCUT2D eigenvalue weighted by molar-refractivity contribution is -0.117. The van der Waals surface area contributed by atoms with Crippen molar-refractivity contribution < 1.29 is 18.0 Å². The smallest absolute Gasteiger partial charge is 0.257 e. The molecule has 1 aliphatic heterocycles. The molecule has 1 saturated heterocycles. The molecule has 0 bridgehead atoms. The van der Waals surface area contributed by atoms with Gasteiger partial charge in [-0.3, -0.25) is 9.59 Å². The minimum Gasteiger partial charge on any atom is -0.375 e. The molecule has 9 heteroatoms. The van der Waals surface area contributed by atoms with E-state index in [1.54, 1.807) is 65.6 Å². The van der Waals surface area contributed by atoms with Gasteiger partial charge >= 0.3 is 0 Å². The Morgan fingerprint density at radius 1 is 0.941 bits per heavy atom. The molecule has 3 aromatic carbocycles. The fourth-order valence-electron chi connectivity index (χ4n) is 3.95. The number of halogens is 1. The van der Waals surface area contributed by atoms with Crippen molar-refractivity contribution in [2.75, 3.05) is 33.6 Å². The van der Waals surface area contributed by atoms with Gasteiger partial charge in [0.15, 0.2) is 9.84 Å². The van der Waals surface area contributed by atoms with Crippen LogP contribution in [0.2, 0.25) is 5.02 Å². The molecule has 7 nitrogen and oxygen atoms in total. The third-order valence-electron chi connectivity index (χ3n) is 5.58. The summed E-state index contributed by atoms with van der Waals surface area (Å²) in [6, 6.07) is 22.3. The summed E-state index contributed by atoms with van der Waals surface area (Å²) in [4.78, 5) is 27.7. The second kappa shape index (κ2) is 10.3.